The Morgan fingerprint density at radius 2 is 2.05 bits per heavy atom. The van der Waals surface area contributed by atoms with Crippen molar-refractivity contribution in [2.45, 2.75) is 6.61 Å². The zero-order chi connectivity index (χ0) is 14.8. The molecule has 0 aliphatic rings. The lowest BCUT2D eigenvalue weighted by atomic mass is 10.1. The van der Waals surface area contributed by atoms with Crippen molar-refractivity contribution in [2.75, 3.05) is 5.73 Å². The number of carboxylic acid groups (broad SMARTS) is 1. The number of anilines is 1. The Kier molecular flexibility index (Phi) is 3.50. The molecule has 1 heterocycles. The third-order valence-corrected chi connectivity index (χ3v) is 4.22. The van der Waals surface area contributed by atoms with Crippen molar-refractivity contribution in [3.8, 4) is 5.75 Å². The highest BCUT2D eigenvalue weighted by atomic mass is 32.1. The summed E-state index contributed by atoms with van der Waals surface area (Å²) in [7, 11) is 0. The smallest absolute Gasteiger partial charge is 0.337 e. The lowest BCUT2D eigenvalue weighted by Gasteiger charge is -2.08. The molecular formula is C16H13NO3S. The summed E-state index contributed by atoms with van der Waals surface area (Å²) in [6, 6.07) is 12.8. The maximum atomic E-state index is 11.0. The van der Waals surface area contributed by atoms with Crippen molar-refractivity contribution >= 4 is 33.1 Å². The topological polar surface area (TPSA) is 72.5 Å². The van der Waals surface area contributed by atoms with Gasteiger partial charge in [-0.2, -0.15) is 0 Å². The predicted octanol–water partition coefficient (Wildman–Crippen LogP) is 3.76. The number of nitrogens with two attached hydrogens (primary N) is 1. The molecule has 0 spiro atoms. The average molecular weight is 299 g/mol. The summed E-state index contributed by atoms with van der Waals surface area (Å²) in [6.45, 7) is 0.396. The van der Waals surface area contributed by atoms with Crippen LogP contribution in [0.1, 0.15) is 15.9 Å². The van der Waals surface area contributed by atoms with Crippen molar-refractivity contribution in [1.82, 2.24) is 0 Å². The number of rotatable bonds is 4. The van der Waals surface area contributed by atoms with Crippen molar-refractivity contribution < 1.29 is 14.6 Å². The van der Waals surface area contributed by atoms with Gasteiger partial charge in [-0.1, -0.05) is 18.2 Å². The fourth-order valence-electron chi connectivity index (χ4n) is 2.12. The SMILES string of the molecule is Nc1ccc(OCc2csc3ccccc23)cc1C(=O)O. The number of ether oxygens (including phenoxy) is 1. The Morgan fingerprint density at radius 1 is 1.24 bits per heavy atom. The monoisotopic (exact) mass is 299 g/mol. The Bertz CT molecular complexity index is 810. The fourth-order valence-corrected chi connectivity index (χ4v) is 3.06. The number of hydrogen-bond acceptors (Lipinski definition) is 4. The Labute approximate surface area is 125 Å². The molecule has 0 saturated carbocycles. The Hall–Kier alpha value is -2.53. The number of carboxylic acids is 1. The van der Waals surface area contributed by atoms with E-state index >= 15 is 0 Å². The van der Waals surface area contributed by atoms with Gasteiger partial charge in [-0.3, -0.25) is 0 Å². The van der Waals surface area contributed by atoms with E-state index in [-0.39, 0.29) is 11.3 Å². The second-order valence-electron chi connectivity index (χ2n) is 4.60. The molecule has 0 atom stereocenters. The molecule has 2 aromatic carbocycles. The van der Waals surface area contributed by atoms with Gasteiger partial charge in [0.1, 0.15) is 12.4 Å². The minimum absolute atomic E-state index is 0.0580. The van der Waals surface area contributed by atoms with E-state index in [1.165, 1.54) is 10.8 Å². The molecule has 3 aromatic rings. The number of fused-ring (bicyclic) bond motifs is 1. The summed E-state index contributed by atoms with van der Waals surface area (Å²) in [6.07, 6.45) is 0. The summed E-state index contributed by atoms with van der Waals surface area (Å²) in [4.78, 5) is 11.0. The van der Waals surface area contributed by atoms with Gasteiger partial charge in [-0.25, -0.2) is 4.79 Å². The molecule has 3 rings (SSSR count). The van der Waals surface area contributed by atoms with Crippen LogP contribution in [0, 0.1) is 0 Å². The molecule has 0 fully saturated rings. The average Bonchev–Trinajstić information content (AvgIpc) is 2.89. The minimum Gasteiger partial charge on any atom is -0.489 e. The highest BCUT2D eigenvalue weighted by Crippen LogP contribution is 2.27. The van der Waals surface area contributed by atoms with Gasteiger partial charge in [-0.15, -0.1) is 11.3 Å². The van der Waals surface area contributed by atoms with Crippen LogP contribution >= 0.6 is 11.3 Å². The maximum Gasteiger partial charge on any atom is 0.337 e. The summed E-state index contributed by atoms with van der Waals surface area (Å²) in [5.41, 5.74) is 7.00. The van der Waals surface area contributed by atoms with Crippen LogP contribution in [0.4, 0.5) is 5.69 Å². The molecule has 0 aliphatic carbocycles. The molecule has 106 valence electrons. The summed E-state index contributed by atoms with van der Waals surface area (Å²) in [5, 5.41) is 12.3. The first kappa shape index (κ1) is 13.5. The summed E-state index contributed by atoms with van der Waals surface area (Å²) < 4.78 is 6.90. The second-order valence-corrected chi connectivity index (χ2v) is 5.51. The van der Waals surface area contributed by atoms with Crippen LogP contribution in [0.3, 0.4) is 0 Å². The number of nitrogen functional groups attached to an aromatic ring is 1. The van der Waals surface area contributed by atoms with Crippen molar-refractivity contribution in [1.29, 1.82) is 0 Å². The van der Waals surface area contributed by atoms with Gasteiger partial charge in [0.05, 0.1) is 5.56 Å². The number of carbonyl (C=O) groups is 1. The van der Waals surface area contributed by atoms with Crippen LogP contribution in [0.2, 0.25) is 0 Å². The molecule has 0 saturated heterocycles. The zero-order valence-corrected chi connectivity index (χ0v) is 11.9. The van der Waals surface area contributed by atoms with Gasteiger partial charge in [0, 0.05) is 16.0 Å². The lowest BCUT2D eigenvalue weighted by Crippen LogP contribution is -2.03. The molecule has 0 radical (unpaired) electrons. The number of benzene rings is 2. The van der Waals surface area contributed by atoms with Gasteiger partial charge in [0.15, 0.2) is 0 Å². The Balaban J connectivity index is 1.82. The normalized spacial score (nSPS) is 10.7. The molecule has 4 nitrogen and oxygen atoms in total. The first-order valence-electron chi connectivity index (χ1n) is 6.36. The van der Waals surface area contributed by atoms with Crippen molar-refractivity contribution in [3.05, 3.63) is 59.0 Å². The van der Waals surface area contributed by atoms with E-state index in [0.29, 0.717) is 12.4 Å². The number of thiophene rings is 1. The van der Waals surface area contributed by atoms with Crippen molar-refractivity contribution in [2.24, 2.45) is 0 Å². The van der Waals surface area contributed by atoms with Crippen LogP contribution in [-0.2, 0) is 6.61 Å². The van der Waals surface area contributed by atoms with Gasteiger partial charge >= 0.3 is 5.97 Å². The third-order valence-electron chi connectivity index (χ3n) is 3.21. The summed E-state index contributed by atoms with van der Waals surface area (Å²) in [5.74, 6) is -0.559. The van der Waals surface area contributed by atoms with E-state index in [4.69, 9.17) is 15.6 Å². The predicted molar refractivity (Wildman–Crippen MR) is 84.0 cm³/mol. The van der Waals surface area contributed by atoms with Crippen LogP contribution in [-0.4, -0.2) is 11.1 Å². The first-order valence-corrected chi connectivity index (χ1v) is 7.24. The molecule has 1 aromatic heterocycles. The zero-order valence-electron chi connectivity index (χ0n) is 11.1. The highest BCUT2D eigenvalue weighted by molar-refractivity contribution is 7.17. The van der Waals surface area contributed by atoms with Gasteiger partial charge in [-0.05, 0) is 35.0 Å². The summed E-state index contributed by atoms with van der Waals surface area (Å²) >= 11 is 1.67. The van der Waals surface area contributed by atoms with Crippen LogP contribution in [0.5, 0.6) is 5.75 Å². The first-order chi connectivity index (χ1) is 10.1. The largest absolute Gasteiger partial charge is 0.489 e. The quantitative estimate of drug-likeness (QED) is 0.719. The van der Waals surface area contributed by atoms with E-state index in [1.54, 1.807) is 23.5 Å². The van der Waals surface area contributed by atoms with E-state index in [2.05, 4.69) is 17.5 Å². The maximum absolute atomic E-state index is 11.0. The van der Waals surface area contributed by atoms with Gasteiger partial charge in [0.2, 0.25) is 0 Å². The van der Waals surface area contributed by atoms with Gasteiger partial charge in [0.25, 0.3) is 0 Å². The number of aromatic carboxylic acids is 1. The van der Waals surface area contributed by atoms with Crippen LogP contribution < -0.4 is 10.5 Å². The molecule has 5 heteroatoms. The lowest BCUT2D eigenvalue weighted by molar-refractivity contribution is 0.0697. The highest BCUT2D eigenvalue weighted by Gasteiger charge is 2.10. The molecule has 0 aliphatic heterocycles. The molecule has 0 bridgehead atoms. The number of hydrogen-bond donors (Lipinski definition) is 2. The van der Waals surface area contributed by atoms with E-state index < -0.39 is 5.97 Å². The minimum atomic E-state index is -1.06. The second kappa shape index (κ2) is 5.46. The van der Waals surface area contributed by atoms with Crippen molar-refractivity contribution in [3.63, 3.8) is 0 Å². The Morgan fingerprint density at radius 3 is 2.86 bits per heavy atom. The molecule has 3 N–H and O–H groups in total. The molecule has 0 amide bonds. The van der Waals surface area contributed by atoms with E-state index in [0.717, 1.165) is 10.9 Å². The molecule has 21 heavy (non-hydrogen) atoms. The molecular weight excluding hydrogens is 286 g/mol. The van der Waals surface area contributed by atoms with Crippen LogP contribution in [0.15, 0.2) is 47.8 Å². The van der Waals surface area contributed by atoms with E-state index in [1.807, 2.05) is 12.1 Å². The van der Waals surface area contributed by atoms with Gasteiger partial charge < -0.3 is 15.6 Å². The fraction of sp³-hybridized carbons (Fsp3) is 0.0625. The molecule has 0 unspecified atom stereocenters. The third kappa shape index (κ3) is 2.68. The van der Waals surface area contributed by atoms with Crippen LogP contribution in [0.25, 0.3) is 10.1 Å². The standard InChI is InChI=1S/C16H13NO3S/c17-14-6-5-11(7-13(14)16(18)19)20-8-10-9-21-15-4-2-1-3-12(10)15/h1-7,9H,8,17H2,(H,18,19). The van der Waals surface area contributed by atoms with E-state index in [9.17, 15) is 4.79 Å².